The molecule has 0 saturated carbocycles. The average Bonchev–Trinajstić information content (AvgIpc) is 2.96. The van der Waals surface area contributed by atoms with Gasteiger partial charge in [-0.05, 0) is 33.6 Å². The lowest BCUT2D eigenvalue weighted by Gasteiger charge is -2.24. The molecule has 0 bridgehead atoms. The van der Waals surface area contributed by atoms with Crippen LogP contribution in [0, 0.1) is 5.92 Å². The summed E-state index contributed by atoms with van der Waals surface area (Å²) in [5, 5.41) is 2.81. The normalized spacial score (nSPS) is 18.6. The largest absolute Gasteiger partial charge is 0.469 e. The second-order valence-corrected chi connectivity index (χ2v) is 7.54. The molecule has 7 heteroatoms. The van der Waals surface area contributed by atoms with Gasteiger partial charge in [-0.25, -0.2) is 4.79 Å². The summed E-state index contributed by atoms with van der Waals surface area (Å²) in [4.78, 5) is 37.9. The molecular weight excluding hydrogens is 324 g/mol. The molecule has 1 rings (SSSR count). The molecule has 0 aliphatic carbocycles. The Bertz CT molecular complexity index is 473. The molecule has 2 amide bonds. The summed E-state index contributed by atoms with van der Waals surface area (Å²) in [6, 6.07) is -0.122. The highest BCUT2D eigenvalue weighted by Gasteiger charge is 2.33. The summed E-state index contributed by atoms with van der Waals surface area (Å²) in [6.45, 7) is 8.49. The van der Waals surface area contributed by atoms with Crippen LogP contribution in [0.1, 0.15) is 59.8 Å². The Morgan fingerprint density at radius 2 is 1.96 bits per heavy atom. The topological polar surface area (TPSA) is 84.9 Å². The van der Waals surface area contributed by atoms with Crippen molar-refractivity contribution < 1.29 is 23.9 Å². The van der Waals surface area contributed by atoms with Crippen molar-refractivity contribution >= 4 is 18.0 Å². The van der Waals surface area contributed by atoms with E-state index < -0.39 is 11.7 Å². The summed E-state index contributed by atoms with van der Waals surface area (Å²) in [5.74, 6) is -0.753. The number of hydrogen-bond acceptors (Lipinski definition) is 5. The third-order valence-corrected chi connectivity index (χ3v) is 4.12. The molecule has 0 aromatic heterocycles. The highest BCUT2D eigenvalue weighted by molar-refractivity contribution is 5.84. The Labute approximate surface area is 150 Å². The highest BCUT2D eigenvalue weighted by Crippen LogP contribution is 2.21. The Balaban J connectivity index is 2.57. The van der Waals surface area contributed by atoms with Crippen LogP contribution in [-0.2, 0) is 19.1 Å². The fourth-order valence-electron chi connectivity index (χ4n) is 2.86. The number of unbranched alkanes of at least 4 members (excludes halogenated alkanes) is 1. The molecule has 1 aliphatic rings. The molecule has 2 atom stereocenters. The van der Waals surface area contributed by atoms with Crippen LogP contribution in [0.2, 0.25) is 0 Å². The number of likely N-dealkylation sites (tertiary alicyclic amines) is 1. The van der Waals surface area contributed by atoms with Gasteiger partial charge in [0, 0.05) is 19.0 Å². The average molecular weight is 356 g/mol. The van der Waals surface area contributed by atoms with E-state index in [1.165, 1.54) is 7.11 Å². The van der Waals surface area contributed by atoms with E-state index >= 15 is 0 Å². The van der Waals surface area contributed by atoms with E-state index in [0.29, 0.717) is 25.9 Å². The van der Waals surface area contributed by atoms with E-state index in [-0.39, 0.29) is 30.3 Å². The van der Waals surface area contributed by atoms with Gasteiger partial charge >= 0.3 is 12.1 Å². The van der Waals surface area contributed by atoms with Crippen LogP contribution in [-0.4, -0.2) is 54.7 Å². The minimum atomic E-state index is -0.552. The van der Waals surface area contributed by atoms with Crippen molar-refractivity contribution in [2.45, 2.75) is 71.4 Å². The van der Waals surface area contributed by atoms with Gasteiger partial charge in [-0.2, -0.15) is 0 Å². The van der Waals surface area contributed by atoms with Crippen molar-refractivity contribution in [2.75, 3.05) is 20.2 Å². The molecule has 1 heterocycles. The third-order valence-electron chi connectivity index (χ3n) is 4.12. The Morgan fingerprint density at radius 3 is 2.52 bits per heavy atom. The summed E-state index contributed by atoms with van der Waals surface area (Å²) in [6.07, 6.45) is 2.85. The molecule has 144 valence electrons. The summed E-state index contributed by atoms with van der Waals surface area (Å²) in [7, 11) is 1.33. The second kappa shape index (κ2) is 9.63. The van der Waals surface area contributed by atoms with Crippen LogP contribution in [0.5, 0.6) is 0 Å². The van der Waals surface area contributed by atoms with E-state index in [4.69, 9.17) is 9.47 Å². The lowest BCUT2D eigenvalue weighted by Crippen LogP contribution is -2.42. The zero-order valence-electron chi connectivity index (χ0n) is 16.1. The quantitative estimate of drug-likeness (QED) is 0.708. The van der Waals surface area contributed by atoms with Gasteiger partial charge < -0.3 is 19.7 Å². The molecule has 7 nitrogen and oxygen atoms in total. The number of rotatable bonds is 7. The standard InChI is InChI=1S/C18H32N2O5/c1-6-7-8-13(11-15(21)24-5)16(22)20-10-9-14(12-20)19-17(23)25-18(2,3)4/h13-14H,6-12H2,1-5H3,(H,19,23)/t13-,14?/m1/s1. The minimum Gasteiger partial charge on any atom is -0.469 e. The van der Waals surface area contributed by atoms with Gasteiger partial charge in [0.15, 0.2) is 0 Å². The van der Waals surface area contributed by atoms with Gasteiger partial charge in [0.1, 0.15) is 5.60 Å². The first kappa shape index (κ1) is 21.3. The number of nitrogens with one attached hydrogen (secondary N) is 1. The number of amides is 2. The third kappa shape index (κ3) is 7.75. The molecule has 0 aromatic rings. The number of hydrogen-bond donors (Lipinski definition) is 1. The summed E-state index contributed by atoms with van der Waals surface area (Å²) in [5.41, 5.74) is -0.552. The van der Waals surface area contributed by atoms with E-state index in [2.05, 4.69) is 12.2 Å². The second-order valence-electron chi connectivity index (χ2n) is 7.54. The maximum atomic E-state index is 12.7. The van der Waals surface area contributed by atoms with Crippen molar-refractivity contribution in [3.05, 3.63) is 0 Å². The zero-order chi connectivity index (χ0) is 19.0. The highest BCUT2D eigenvalue weighted by atomic mass is 16.6. The van der Waals surface area contributed by atoms with Crippen LogP contribution in [0.25, 0.3) is 0 Å². The number of ether oxygens (including phenoxy) is 2. The molecule has 0 radical (unpaired) electrons. The van der Waals surface area contributed by atoms with Gasteiger partial charge in [-0.3, -0.25) is 9.59 Å². The SMILES string of the molecule is CCCC[C@H](CC(=O)OC)C(=O)N1CCC(NC(=O)OC(C)(C)C)C1. The monoisotopic (exact) mass is 356 g/mol. The predicted molar refractivity (Wildman–Crippen MR) is 94.0 cm³/mol. The molecular formula is C18H32N2O5. The fraction of sp³-hybridized carbons (Fsp3) is 0.833. The van der Waals surface area contributed by atoms with Crippen molar-refractivity contribution in [3.8, 4) is 0 Å². The van der Waals surface area contributed by atoms with E-state index in [1.54, 1.807) is 4.90 Å². The van der Waals surface area contributed by atoms with Crippen LogP contribution in [0.4, 0.5) is 4.79 Å². The molecule has 1 N–H and O–H groups in total. The minimum absolute atomic E-state index is 0.0349. The lowest BCUT2D eigenvalue weighted by molar-refractivity contribution is -0.146. The Hall–Kier alpha value is -1.79. The van der Waals surface area contributed by atoms with Crippen LogP contribution in [0.3, 0.4) is 0 Å². The Kier molecular flexibility index (Phi) is 8.19. The van der Waals surface area contributed by atoms with Crippen LogP contribution in [0.15, 0.2) is 0 Å². The first-order valence-corrected chi connectivity index (χ1v) is 9.01. The van der Waals surface area contributed by atoms with Gasteiger partial charge in [0.05, 0.1) is 19.6 Å². The first-order chi connectivity index (χ1) is 11.7. The number of esters is 1. The number of methoxy groups -OCH3 is 1. The van der Waals surface area contributed by atoms with Crippen molar-refractivity contribution in [1.82, 2.24) is 10.2 Å². The van der Waals surface area contributed by atoms with Gasteiger partial charge in [-0.1, -0.05) is 19.8 Å². The number of carbonyl (C=O) groups is 3. The molecule has 0 spiro atoms. The molecule has 1 saturated heterocycles. The molecule has 25 heavy (non-hydrogen) atoms. The Morgan fingerprint density at radius 1 is 1.28 bits per heavy atom. The number of carbonyl (C=O) groups excluding carboxylic acids is 3. The predicted octanol–water partition coefficient (Wildman–Crippen LogP) is 2.48. The van der Waals surface area contributed by atoms with Crippen LogP contribution >= 0.6 is 0 Å². The zero-order valence-corrected chi connectivity index (χ0v) is 16.1. The van der Waals surface area contributed by atoms with E-state index in [0.717, 1.165) is 12.8 Å². The van der Waals surface area contributed by atoms with Crippen molar-refractivity contribution in [2.24, 2.45) is 5.92 Å². The lowest BCUT2D eigenvalue weighted by atomic mass is 9.97. The number of alkyl carbamates (subject to hydrolysis) is 1. The van der Waals surface area contributed by atoms with E-state index in [9.17, 15) is 14.4 Å². The fourth-order valence-corrected chi connectivity index (χ4v) is 2.86. The molecule has 0 aromatic carbocycles. The molecule has 1 fully saturated rings. The van der Waals surface area contributed by atoms with Gasteiger partial charge in [-0.15, -0.1) is 0 Å². The number of nitrogens with zero attached hydrogens (tertiary/aromatic N) is 1. The van der Waals surface area contributed by atoms with Crippen molar-refractivity contribution in [3.63, 3.8) is 0 Å². The summed E-state index contributed by atoms with van der Waals surface area (Å²) < 4.78 is 9.96. The van der Waals surface area contributed by atoms with Gasteiger partial charge in [0.25, 0.3) is 0 Å². The maximum absolute atomic E-state index is 12.7. The maximum Gasteiger partial charge on any atom is 0.407 e. The molecule has 1 aliphatic heterocycles. The van der Waals surface area contributed by atoms with Crippen molar-refractivity contribution in [1.29, 1.82) is 0 Å². The van der Waals surface area contributed by atoms with Crippen LogP contribution < -0.4 is 5.32 Å². The first-order valence-electron chi connectivity index (χ1n) is 9.01. The summed E-state index contributed by atoms with van der Waals surface area (Å²) >= 11 is 0. The molecule has 1 unspecified atom stereocenters. The van der Waals surface area contributed by atoms with E-state index in [1.807, 2.05) is 20.8 Å². The smallest absolute Gasteiger partial charge is 0.407 e. The van der Waals surface area contributed by atoms with Gasteiger partial charge in [0.2, 0.25) is 5.91 Å².